The Labute approximate surface area is 246 Å². The number of aliphatic hydroxyl groups is 2. The molecule has 0 bridgehead atoms. The number of unbranched alkanes of at least 4 members (excludes halogenated alkanes) is 1. The van der Waals surface area contributed by atoms with Gasteiger partial charge in [0.15, 0.2) is 0 Å². The SMILES string of the molecule is CNC[C@@H](CC(=O)N1CCC[C@@H]([C@@](O)(CCCCOC)c2ccccc2Oc2ccccc2)C1)[C@@H](O)C1CCCC1. The van der Waals surface area contributed by atoms with E-state index < -0.39 is 11.7 Å². The lowest BCUT2D eigenvalue weighted by atomic mass is 9.73. The molecule has 1 heterocycles. The minimum absolute atomic E-state index is 0.0718. The number of methoxy groups -OCH3 is 1. The zero-order valence-electron chi connectivity index (χ0n) is 25.0. The van der Waals surface area contributed by atoms with Gasteiger partial charge in [-0.1, -0.05) is 49.2 Å². The van der Waals surface area contributed by atoms with E-state index in [9.17, 15) is 15.0 Å². The summed E-state index contributed by atoms with van der Waals surface area (Å²) < 4.78 is 11.6. The molecule has 1 saturated heterocycles. The van der Waals surface area contributed by atoms with Crippen molar-refractivity contribution in [3.05, 3.63) is 60.2 Å². The monoisotopic (exact) mass is 566 g/mol. The number of hydrogen-bond acceptors (Lipinski definition) is 6. The highest BCUT2D eigenvalue weighted by molar-refractivity contribution is 5.76. The summed E-state index contributed by atoms with van der Waals surface area (Å²) in [5, 5.41) is 26.9. The molecule has 2 aromatic carbocycles. The molecule has 41 heavy (non-hydrogen) atoms. The highest BCUT2D eigenvalue weighted by atomic mass is 16.5. The van der Waals surface area contributed by atoms with Crippen molar-refractivity contribution >= 4 is 5.91 Å². The summed E-state index contributed by atoms with van der Waals surface area (Å²) in [4.78, 5) is 15.6. The van der Waals surface area contributed by atoms with Crippen LogP contribution >= 0.6 is 0 Å². The molecule has 1 aliphatic heterocycles. The lowest BCUT2D eigenvalue weighted by Gasteiger charge is -2.43. The third-order valence-electron chi connectivity index (χ3n) is 9.20. The van der Waals surface area contributed by atoms with Crippen LogP contribution in [-0.2, 0) is 15.1 Å². The molecule has 7 nitrogen and oxygen atoms in total. The van der Waals surface area contributed by atoms with Gasteiger partial charge in [0.05, 0.1) is 11.7 Å². The summed E-state index contributed by atoms with van der Waals surface area (Å²) in [6.07, 6.45) is 8.13. The molecule has 0 radical (unpaired) electrons. The van der Waals surface area contributed by atoms with Crippen LogP contribution in [0.25, 0.3) is 0 Å². The second kappa shape index (κ2) is 15.7. The van der Waals surface area contributed by atoms with Crippen molar-refractivity contribution in [1.29, 1.82) is 0 Å². The first kappa shape index (κ1) is 31.5. The number of hydrogen-bond donors (Lipinski definition) is 3. The minimum atomic E-state index is -1.16. The van der Waals surface area contributed by atoms with Crippen molar-refractivity contribution in [2.24, 2.45) is 17.8 Å². The summed E-state index contributed by atoms with van der Waals surface area (Å²) >= 11 is 0. The molecule has 3 N–H and O–H groups in total. The predicted octanol–water partition coefficient (Wildman–Crippen LogP) is 5.50. The highest BCUT2D eigenvalue weighted by Crippen LogP contribution is 2.44. The average Bonchev–Trinajstić information content (AvgIpc) is 3.55. The Morgan fingerprint density at radius 1 is 1.05 bits per heavy atom. The van der Waals surface area contributed by atoms with Crippen molar-refractivity contribution in [2.75, 3.05) is 40.4 Å². The quantitative estimate of drug-likeness (QED) is 0.247. The van der Waals surface area contributed by atoms with Crippen molar-refractivity contribution in [2.45, 2.75) is 75.9 Å². The second-order valence-corrected chi connectivity index (χ2v) is 12.0. The maximum atomic E-state index is 13.7. The van der Waals surface area contributed by atoms with Crippen molar-refractivity contribution in [3.63, 3.8) is 0 Å². The van der Waals surface area contributed by atoms with Crippen LogP contribution in [0.2, 0.25) is 0 Å². The smallest absolute Gasteiger partial charge is 0.223 e. The Hall–Kier alpha value is -2.45. The number of likely N-dealkylation sites (tertiary alicyclic amines) is 1. The molecule has 0 aromatic heterocycles. The molecule has 1 aliphatic carbocycles. The first-order valence-electron chi connectivity index (χ1n) is 15.6. The van der Waals surface area contributed by atoms with E-state index in [1.54, 1.807) is 7.11 Å². The van der Waals surface area contributed by atoms with Gasteiger partial charge in [-0.25, -0.2) is 0 Å². The maximum absolute atomic E-state index is 13.7. The Bertz CT molecular complexity index is 1060. The van der Waals surface area contributed by atoms with E-state index in [4.69, 9.17) is 9.47 Å². The summed E-state index contributed by atoms with van der Waals surface area (Å²) in [7, 11) is 3.58. The Kier molecular flexibility index (Phi) is 12.0. The standard InChI is InChI=1S/C34H50N2O5/c1-35-24-27(33(38)26-13-6-7-14-26)23-32(37)36-21-12-15-28(25-36)34(39,20-10-11-22-40-2)30-18-8-9-19-31(30)41-29-16-4-3-5-17-29/h3-5,8-9,16-19,26-28,33,35,38-39H,6-7,10-15,20-25H2,1-2H3/t27-,28-,33+,34+/m1/s1. The molecule has 2 aromatic rings. The number of nitrogens with one attached hydrogen (secondary N) is 1. The van der Waals surface area contributed by atoms with Gasteiger partial charge in [0.25, 0.3) is 0 Å². The van der Waals surface area contributed by atoms with Gasteiger partial charge < -0.3 is 29.9 Å². The normalized spacial score (nSPS) is 20.9. The van der Waals surface area contributed by atoms with Gasteiger partial charge >= 0.3 is 0 Å². The fourth-order valence-corrected chi connectivity index (χ4v) is 6.93. The number of ether oxygens (including phenoxy) is 2. The van der Waals surface area contributed by atoms with Crippen LogP contribution in [0.3, 0.4) is 0 Å². The van der Waals surface area contributed by atoms with Crippen molar-refractivity contribution in [1.82, 2.24) is 10.2 Å². The third kappa shape index (κ3) is 8.31. The van der Waals surface area contributed by atoms with Gasteiger partial charge in [0.2, 0.25) is 5.91 Å². The summed E-state index contributed by atoms with van der Waals surface area (Å²) in [5.41, 5.74) is -0.392. The zero-order chi connectivity index (χ0) is 29.1. The Balaban J connectivity index is 1.54. The molecule has 4 atom stereocenters. The number of nitrogens with zero attached hydrogens (tertiary/aromatic N) is 1. The minimum Gasteiger partial charge on any atom is -0.457 e. The number of rotatable bonds is 15. The summed E-state index contributed by atoms with van der Waals surface area (Å²) in [5.74, 6) is 1.48. The van der Waals surface area contributed by atoms with Crippen LogP contribution in [-0.4, -0.2) is 67.5 Å². The van der Waals surface area contributed by atoms with Crippen LogP contribution in [0.15, 0.2) is 54.6 Å². The molecule has 2 fully saturated rings. The number of amides is 1. The van der Waals surface area contributed by atoms with E-state index in [1.165, 1.54) is 0 Å². The van der Waals surface area contributed by atoms with E-state index >= 15 is 0 Å². The lowest BCUT2D eigenvalue weighted by molar-refractivity contribution is -0.139. The van der Waals surface area contributed by atoms with E-state index in [0.29, 0.717) is 44.8 Å². The van der Waals surface area contributed by atoms with Crippen molar-refractivity contribution in [3.8, 4) is 11.5 Å². The summed E-state index contributed by atoms with van der Waals surface area (Å²) in [6.45, 7) is 2.44. The second-order valence-electron chi connectivity index (χ2n) is 12.0. The first-order chi connectivity index (χ1) is 20.0. The van der Waals surface area contributed by atoms with E-state index in [2.05, 4.69) is 5.32 Å². The maximum Gasteiger partial charge on any atom is 0.223 e. The number of aliphatic hydroxyl groups excluding tert-OH is 1. The fourth-order valence-electron chi connectivity index (χ4n) is 6.93. The van der Waals surface area contributed by atoms with E-state index in [1.807, 2.05) is 66.5 Å². The molecule has 1 amide bonds. The molecular weight excluding hydrogens is 516 g/mol. The zero-order valence-corrected chi connectivity index (χ0v) is 25.0. The van der Waals surface area contributed by atoms with E-state index in [-0.39, 0.29) is 23.7 Å². The number of benzene rings is 2. The molecule has 1 saturated carbocycles. The summed E-state index contributed by atoms with van der Waals surface area (Å²) in [6, 6.07) is 17.4. The van der Waals surface area contributed by atoms with Crippen LogP contribution in [0.5, 0.6) is 11.5 Å². The van der Waals surface area contributed by atoms with Gasteiger partial charge in [0, 0.05) is 57.2 Å². The van der Waals surface area contributed by atoms with E-state index in [0.717, 1.165) is 62.7 Å². The molecule has 7 heteroatoms. The molecular formula is C34H50N2O5. The predicted molar refractivity (Wildman–Crippen MR) is 162 cm³/mol. The van der Waals surface area contributed by atoms with Gasteiger partial charge in [-0.3, -0.25) is 4.79 Å². The van der Waals surface area contributed by atoms with Gasteiger partial charge in [-0.2, -0.15) is 0 Å². The topological polar surface area (TPSA) is 91.3 Å². The first-order valence-corrected chi connectivity index (χ1v) is 15.6. The van der Waals surface area contributed by atoms with Crippen LogP contribution in [0.4, 0.5) is 0 Å². The molecule has 0 unspecified atom stereocenters. The molecule has 226 valence electrons. The number of para-hydroxylation sites is 2. The van der Waals surface area contributed by atoms with Crippen LogP contribution in [0.1, 0.15) is 69.8 Å². The highest BCUT2D eigenvalue weighted by Gasteiger charge is 2.43. The molecule has 2 aliphatic rings. The van der Waals surface area contributed by atoms with Crippen LogP contribution < -0.4 is 10.1 Å². The Morgan fingerprint density at radius 2 is 1.78 bits per heavy atom. The largest absolute Gasteiger partial charge is 0.457 e. The van der Waals surface area contributed by atoms with Gasteiger partial charge in [-0.15, -0.1) is 0 Å². The van der Waals surface area contributed by atoms with Gasteiger partial charge in [0.1, 0.15) is 11.5 Å². The van der Waals surface area contributed by atoms with Gasteiger partial charge in [-0.05, 0) is 76.1 Å². The molecule has 4 rings (SSSR count). The molecule has 0 spiro atoms. The number of piperidine rings is 1. The lowest BCUT2D eigenvalue weighted by Crippen LogP contribution is -2.49. The van der Waals surface area contributed by atoms with Crippen LogP contribution in [0, 0.1) is 17.8 Å². The number of carbonyl (C=O) groups excluding carboxylic acids is 1. The third-order valence-corrected chi connectivity index (χ3v) is 9.20. The Morgan fingerprint density at radius 3 is 2.51 bits per heavy atom. The van der Waals surface area contributed by atoms with Crippen molar-refractivity contribution < 1.29 is 24.5 Å². The fraction of sp³-hybridized carbons (Fsp3) is 0.618. The number of carbonyl (C=O) groups is 1. The average molecular weight is 567 g/mol.